The molecule has 0 saturated heterocycles. The standard InChI is InChI=1S/C31H29N3O8S/c1-5-9-22-27(30(36)41-6-2)28(21-10-7-8-11-24(21)40-4)33-29(35)26(43-31(33)32-22)17-19-13-15-25(42-19)20-14-12-18(39-3)16-23(20)34(37)38/h7-8,10-17,28H,5-6,9H2,1-4H3/b26-17-/t28-/m1/s1. The number of nitro benzene ring substituents is 1. The molecule has 0 unspecified atom stereocenters. The van der Waals surface area contributed by atoms with Crippen LogP contribution in [0.15, 0.2) is 80.1 Å². The number of allylic oxidation sites excluding steroid dienone is 1. The molecule has 0 fully saturated rings. The van der Waals surface area contributed by atoms with Crippen LogP contribution in [0.2, 0.25) is 0 Å². The molecule has 11 nitrogen and oxygen atoms in total. The van der Waals surface area contributed by atoms with Crippen LogP contribution in [0.1, 0.15) is 44.1 Å². The van der Waals surface area contributed by atoms with Gasteiger partial charge in [-0.15, -0.1) is 0 Å². The van der Waals surface area contributed by atoms with Crippen molar-refractivity contribution >= 4 is 29.1 Å². The lowest BCUT2D eigenvalue weighted by atomic mass is 9.93. The van der Waals surface area contributed by atoms with Gasteiger partial charge in [0.2, 0.25) is 0 Å². The molecule has 0 aliphatic carbocycles. The van der Waals surface area contributed by atoms with Crippen LogP contribution in [0.5, 0.6) is 11.5 Å². The van der Waals surface area contributed by atoms with E-state index < -0.39 is 16.9 Å². The average molecular weight is 604 g/mol. The Bertz CT molecular complexity index is 1920. The Kier molecular flexibility index (Phi) is 8.58. The molecule has 0 bridgehead atoms. The number of rotatable bonds is 10. The third-order valence-corrected chi connectivity index (χ3v) is 7.88. The number of thiazole rings is 1. The number of carbonyl (C=O) groups excluding carboxylic acids is 1. The molecule has 1 atom stereocenters. The smallest absolute Gasteiger partial charge is 0.338 e. The van der Waals surface area contributed by atoms with Crippen LogP contribution < -0.4 is 24.4 Å². The Labute approximate surface area is 250 Å². The zero-order chi connectivity index (χ0) is 30.7. The first-order valence-corrected chi connectivity index (χ1v) is 14.4. The van der Waals surface area contributed by atoms with Crippen molar-refractivity contribution in [3.8, 4) is 22.8 Å². The number of ether oxygens (including phenoxy) is 3. The van der Waals surface area contributed by atoms with E-state index >= 15 is 0 Å². The molecule has 2 aromatic carbocycles. The molecule has 43 heavy (non-hydrogen) atoms. The number of nitro groups is 1. The monoisotopic (exact) mass is 603 g/mol. The molecule has 0 radical (unpaired) electrons. The zero-order valence-electron chi connectivity index (χ0n) is 24.0. The van der Waals surface area contributed by atoms with Gasteiger partial charge in [-0.25, -0.2) is 9.79 Å². The van der Waals surface area contributed by atoms with E-state index in [9.17, 15) is 19.7 Å². The highest BCUT2D eigenvalue weighted by atomic mass is 32.1. The predicted molar refractivity (Wildman–Crippen MR) is 160 cm³/mol. The van der Waals surface area contributed by atoms with Gasteiger partial charge in [-0.2, -0.15) is 0 Å². The summed E-state index contributed by atoms with van der Waals surface area (Å²) in [7, 11) is 2.96. The van der Waals surface area contributed by atoms with Crippen molar-refractivity contribution in [3.63, 3.8) is 0 Å². The van der Waals surface area contributed by atoms with Crippen LogP contribution in [-0.2, 0) is 9.53 Å². The van der Waals surface area contributed by atoms with Gasteiger partial charge in [0, 0.05) is 11.6 Å². The van der Waals surface area contributed by atoms with E-state index in [2.05, 4.69) is 0 Å². The van der Waals surface area contributed by atoms with Crippen molar-refractivity contribution in [1.82, 2.24) is 4.57 Å². The van der Waals surface area contributed by atoms with Gasteiger partial charge < -0.3 is 18.6 Å². The molecule has 0 N–H and O–H groups in total. The van der Waals surface area contributed by atoms with Gasteiger partial charge in [0.25, 0.3) is 11.2 Å². The van der Waals surface area contributed by atoms with Crippen LogP contribution in [0, 0.1) is 10.1 Å². The van der Waals surface area contributed by atoms with Crippen molar-refractivity contribution in [3.05, 3.63) is 107 Å². The number of benzene rings is 2. The number of nitrogens with zero attached hydrogens (tertiary/aromatic N) is 3. The van der Waals surface area contributed by atoms with Crippen LogP contribution in [0.4, 0.5) is 5.69 Å². The Morgan fingerprint density at radius 3 is 2.63 bits per heavy atom. The summed E-state index contributed by atoms with van der Waals surface area (Å²) in [4.78, 5) is 43.7. The van der Waals surface area contributed by atoms with Gasteiger partial charge >= 0.3 is 5.97 Å². The number of esters is 1. The minimum atomic E-state index is -0.829. The second-order valence-corrected chi connectivity index (χ2v) is 10.5. The average Bonchev–Trinajstić information content (AvgIpc) is 3.60. The maximum atomic E-state index is 14.0. The van der Waals surface area contributed by atoms with E-state index in [1.807, 2.05) is 25.1 Å². The lowest BCUT2D eigenvalue weighted by molar-refractivity contribution is -0.384. The third kappa shape index (κ3) is 5.61. The zero-order valence-corrected chi connectivity index (χ0v) is 24.8. The van der Waals surface area contributed by atoms with Crippen LogP contribution in [0.25, 0.3) is 17.4 Å². The van der Waals surface area contributed by atoms with Crippen LogP contribution in [-0.4, -0.2) is 36.3 Å². The van der Waals surface area contributed by atoms with E-state index in [4.69, 9.17) is 23.6 Å². The fourth-order valence-electron chi connectivity index (χ4n) is 5.01. The van der Waals surface area contributed by atoms with E-state index in [1.165, 1.54) is 24.9 Å². The Balaban J connectivity index is 1.68. The van der Waals surface area contributed by atoms with Crippen molar-refractivity contribution < 1.29 is 28.3 Å². The third-order valence-electron chi connectivity index (χ3n) is 6.89. The maximum absolute atomic E-state index is 14.0. The predicted octanol–water partition coefficient (Wildman–Crippen LogP) is 4.76. The van der Waals surface area contributed by atoms with Crippen molar-refractivity contribution in [2.24, 2.45) is 4.99 Å². The number of para-hydroxylation sites is 1. The molecule has 12 heteroatoms. The summed E-state index contributed by atoms with van der Waals surface area (Å²) in [5.74, 6) is 0.889. The first-order valence-electron chi connectivity index (χ1n) is 13.6. The number of hydrogen-bond acceptors (Lipinski definition) is 10. The molecule has 1 aliphatic heterocycles. The van der Waals surface area contributed by atoms with Gasteiger partial charge in [-0.1, -0.05) is 42.9 Å². The summed E-state index contributed by atoms with van der Waals surface area (Å²) in [6.45, 7) is 3.88. The molecule has 0 saturated carbocycles. The largest absolute Gasteiger partial charge is 0.497 e. The molecule has 2 aromatic heterocycles. The minimum Gasteiger partial charge on any atom is -0.497 e. The number of furan rings is 1. The molecule has 0 amide bonds. The molecule has 3 heterocycles. The van der Waals surface area contributed by atoms with E-state index in [-0.39, 0.29) is 29.2 Å². The van der Waals surface area contributed by atoms with Crippen molar-refractivity contribution in [2.75, 3.05) is 20.8 Å². The minimum absolute atomic E-state index is 0.165. The normalized spacial score (nSPS) is 14.7. The lowest BCUT2D eigenvalue weighted by Gasteiger charge is -2.26. The van der Waals surface area contributed by atoms with Gasteiger partial charge in [-0.3, -0.25) is 19.5 Å². The Morgan fingerprint density at radius 2 is 1.93 bits per heavy atom. The molecule has 1 aliphatic rings. The summed E-state index contributed by atoms with van der Waals surface area (Å²) < 4.78 is 23.9. The van der Waals surface area contributed by atoms with E-state index in [0.717, 1.165) is 17.8 Å². The van der Waals surface area contributed by atoms with E-state index in [0.29, 0.717) is 49.8 Å². The molecule has 222 valence electrons. The molecule has 5 rings (SSSR count). The SMILES string of the molecule is CCCC1=C(C(=O)OCC)[C@@H](c2ccccc2OC)n2c(s/c(=C\c3ccc(-c4ccc(OC)cc4[N+](=O)[O-])o3)c2=O)=N1. The maximum Gasteiger partial charge on any atom is 0.338 e. The number of fused-ring (bicyclic) bond motifs is 1. The van der Waals surface area contributed by atoms with Gasteiger partial charge in [0.1, 0.15) is 29.1 Å². The first kappa shape index (κ1) is 29.5. The van der Waals surface area contributed by atoms with Crippen LogP contribution >= 0.6 is 11.3 Å². The summed E-state index contributed by atoms with van der Waals surface area (Å²) in [5.41, 5.74) is 1.18. The van der Waals surface area contributed by atoms with Gasteiger partial charge in [0.05, 0.1) is 53.2 Å². The first-order chi connectivity index (χ1) is 20.8. The molecular formula is C31H29N3O8S. The lowest BCUT2D eigenvalue weighted by Crippen LogP contribution is -2.40. The Hall–Kier alpha value is -4.97. The van der Waals surface area contributed by atoms with Crippen molar-refractivity contribution in [1.29, 1.82) is 0 Å². The highest BCUT2D eigenvalue weighted by Crippen LogP contribution is 2.37. The van der Waals surface area contributed by atoms with Gasteiger partial charge in [-0.05, 0) is 43.7 Å². The highest BCUT2D eigenvalue weighted by molar-refractivity contribution is 7.07. The summed E-state index contributed by atoms with van der Waals surface area (Å²) >= 11 is 1.16. The fraction of sp³-hybridized carbons (Fsp3) is 0.258. The molecule has 4 aromatic rings. The summed E-state index contributed by atoms with van der Waals surface area (Å²) in [6.07, 6.45) is 2.80. The number of carbonyl (C=O) groups is 1. The topological polar surface area (TPSA) is 135 Å². The quantitative estimate of drug-likeness (QED) is 0.144. The summed E-state index contributed by atoms with van der Waals surface area (Å²) in [6, 6.07) is 14.1. The number of aromatic nitrogens is 1. The van der Waals surface area contributed by atoms with Crippen LogP contribution in [0.3, 0.4) is 0 Å². The molecular weight excluding hydrogens is 574 g/mol. The van der Waals surface area contributed by atoms with Gasteiger partial charge in [0.15, 0.2) is 4.80 Å². The van der Waals surface area contributed by atoms with Crippen molar-refractivity contribution in [2.45, 2.75) is 32.7 Å². The second-order valence-electron chi connectivity index (χ2n) is 9.50. The van der Waals surface area contributed by atoms with E-state index in [1.54, 1.807) is 43.3 Å². The second kappa shape index (κ2) is 12.5. The highest BCUT2D eigenvalue weighted by Gasteiger charge is 2.35. The fourth-order valence-corrected chi connectivity index (χ4v) is 6.01. The number of hydrogen-bond donors (Lipinski definition) is 0. The Morgan fingerprint density at radius 1 is 1.14 bits per heavy atom. The summed E-state index contributed by atoms with van der Waals surface area (Å²) in [5, 5.41) is 11.7. The molecule has 0 spiro atoms. The number of methoxy groups -OCH3 is 2.